The minimum Gasteiger partial charge on any atom is -0.350 e. The molecule has 1 aliphatic rings. The van der Waals surface area contributed by atoms with Crippen molar-refractivity contribution in [3.8, 4) is 0 Å². The molecule has 3 rings (SSSR count). The van der Waals surface area contributed by atoms with Crippen molar-refractivity contribution < 1.29 is 4.79 Å². The zero-order chi connectivity index (χ0) is 13.1. The lowest BCUT2D eigenvalue weighted by Gasteiger charge is -2.08. The first kappa shape index (κ1) is 12.6. The molecule has 1 aromatic heterocycles. The van der Waals surface area contributed by atoms with E-state index in [1.807, 2.05) is 18.2 Å². The molecule has 1 fully saturated rings. The van der Waals surface area contributed by atoms with Crippen LogP contribution in [-0.4, -0.2) is 10.9 Å². The van der Waals surface area contributed by atoms with E-state index in [1.54, 1.807) is 11.3 Å². The van der Waals surface area contributed by atoms with Crippen LogP contribution in [0.1, 0.15) is 37.1 Å². The number of hydrogen-bond donors (Lipinski definition) is 1. The molecule has 0 radical (unpaired) electrons. The van der Waals surface area contributed by atoms with Gasteiger partial charge >= 0.3 is 0 Å². The van der Waals surface area contributed by atoms with Crippen molar-refractivity contribution in [1.29, 1.82) is 0 Å². The summed E-state index contributed by atoms with van der Waals surface area (Å²) in [4.78, 5) is 16.4. The van der Waals surface area contributed by atoms with E-state index in [-0.39, 0.29) is 5.91 Å². The number of aromatic nitrogens is 1. The molecule has 19 heavy (non-hydrogen) atoms. The zero-order valence-corrected chi connectivity index (χ0v) is 11.7. The molecule has 0 atom stereocenters. The summed E-state index contributed by atoms with van der Waals surface area (Å²) in [5.41, 5.74) is 1.02. The summed E-state index contributed by atoms with van der Waals surface area (Å²) in [6.07, 6.45) is 5.69. The second-order valence-corrected chi connectivity index (χ2v) is 6.32. The first-order valence-corrected chi connectivity index (χ1v) is 7.74. The highest BCUT2D eigenvalue weighted by Gasteiger charge is 2.18. The van der Waals surface area contributed by atoms with E-state index in [2.05, 4.69) is 16.4 Å². The Morgan fingerprint density at radius 1 is 1.32 bits per heavy atom. The van der Waals surface area contributed by atoms with Crippen LogP contribution in [0.5, 0.6) is 0 Å². The maximum Gasteiger partial charge on any atom is 0.220 e. The van der Waals surface area contributed by atoms with Gasteiger partial charge in [0, 0.05) is 6.42 Å². The minimum atomic E-state index is 0.172. The first-order chi connectivity index (χ1) is 9.31. The van der Waals surface area contributed by atoms with Gasteiger partial charge in [0.25, 0.3) is 0 Å². The monoisotopic (exact) mass is 274 g/mol. The molecule has 1 aliphatic carbocycles. The predicted octanol–water partition coefficient (Wildman–Crippen LogP) is 3.49. The molecule has 1 aromatic carbocycles. The van der Waals surface area contributed by atoms with Crippen LogP contribution in [0.3, 0.4) is 0 Å². The van der Waals surface area contributed by atoms with Crippen molar-refractivity contribution in [3.63, 3.8) is 0 Å². The normalized spacial score (nSPS) is 16.0. The molecule has 100 valence electrons. The number of carbonyl (C=O) groups excluding carboxylic acids is 1. The van der Waals surface area contributed by atoms with E-state index in [0.717, 1.165) is 10.5 Å². The largest absolute Gasteiger partial charge is 0.350 e. The number of nitrogens with one attached hydrogen (secondary N) is 1. The predicted molar refractivity (Wildman–Crippen MR) is 78.0 cm³/mol. The number of para-hydroxylation sites is 1. The smallest absolute Gasteiger partial charge is 0.220 e. The molecule has 2 aromatic rings. The maximum atomic E-state index is 11.9. The number of benzene rings is 1. The lowest BCUT2D eigenvalue weighted by Crippen LogP contribution is -2.24. The number of amides is 1. The van der Waals surface area contributed by atoms with E-state index in [9.17, 15) is 4.79 Å². The number of nitrogens with zero attached hydrogens (tertiary/aromatic N) is 1. The van der Waals surface area contributed by atoms with Gasteiger partial charge in [0.1, 0.15) is 5.01 Å². The van der Waals surface area contributed by atoms with Crippen molar-refractivity contribution in [1.82, 2.24) is 10.3 Å². The lowest BCUT2D eigenvalue weighted by molar-refractivity contribution is -0.122. The molecular weight excluding hydrogens is 256 g/mol. The highest BCUT2D eigenvalue weighted by atomic mass is 32.1. The summed E-state index contributed by atoms with van der Waals surface area (Å²) >= 11 is 1.66. The number of hydrogen-bond acceptors (Lipinski definition) is 3. The molecule has 0 unspecified atom stereocenters. The molecule has 0 aliphatic heterocycles. The molecule has 1 N–H and O–H groups in total. The third-order valence-corrected chi connectivity index (χ3v) is 4.76. The topological polar surface area (TPSA) is 42.0 Å². The number of thiazole rings is 1. The summed E-state index contributed by atoms with van der Waals surface area (Å²) in [5, 5.41) is 3.98. The Bertz CT molecular complexity index is 539. The average Bonchev–Trinajstić information content (AvgIpc) is 3.04. The van der Waals surface area contributed by atoms with Crippen LogP contribution < -0.4 is 5.32 Å². The van der Waals surface area contributed by atoms with Crippen LogP contribution in [0, 0.1) is 5.92 Å². The Kier molecular flexibility index (Phi) is 3.78. The second-order valence-electron chi connectivity index (χ2n) is 5.21. The van der Waals surface area contributed by atoms with E-state index >= 15 is 0 Å². The Labute approximate surface area is 117 Å². The molecule has 3 nitrogen and oxygen atoms in total. The van der Waals surface area contributed by atoms with E-state index < -0.39 is 0 Å². The van der Waals surface area contributed by atoms with Gasteiger partial charge in [0.05, 0.1) is 16.8 Å². The van der Waals surface area contributed by atoms with Crippen molar-refractivity contribution in [2.75, 3.05) is 0 Å². The van der Waals surface area contributed by atoms with Gasteiger partial charge in [-0.15, -0.1) is 11.3 Å². The van der Waals surface area contributed by atoms with E-state index in [1.165, 1.54) is 30.4 Å². The van der Waals surface area contributed by atoms with Gasteiger partial charge in [-0.05, 0) is 30.9 Å². The minimum absolute atomic E-state index is 0.172. The van der Waals surface area contributed by atoms with Gasteiger partial charge in [-0.25, -0.2) is 4.98 Å². The van der Waals surface area contributed by atoms with E-state index in [4.69, 9.17) is 0 Å². The first-order valence-electron chi connectivity index (χ1n) is 6.92. The van der Waals surface area contributed by atoms with E-state index in [0.29, 0.717) is 18.9 Å². The van der Waals surface area contributed by atoms with Crippen LogP contribution in [0.4, 0.5) is 0 Å². The van der Waals surface area contributed by atoms with Gasteiger partial charge in [0.2, 0.25) is 5.91 Å². The van der Waals surface area contributed by atoms with Crippen LogP contribution >= 0.6 is 11.3 Å². The van der Waals surface area contributed by atoms with Crippen molar-refractivity contribution in [2.24, 2.45) is 5.92 Å². The lowest BCUT2D eigenvalue weighted by atomic mass is 10.0. The SMILES string of the molecule is O=C(CC1CCCC1)NCc1nc2ccccc2s1. The third-order valence-electron chi connectivity index (χ3n) is 3.72. The maximum absolute atomic E-state index is 11.9. The van der Waals surface area contributed by atoms with Gasteiger partial charge in [-0.2, -0.15) is 0 Å². The Morgan fingerprint density at radius 3 is 2.89 bits per heavy atom. The summed E-state index contributed by atoms with van der Waals surface area (Å²) in [5.74, 6) is 0.779. The highest BCUT2D eigenvalue weighted by molar-refractivity contribution is 7.18. The van der Waals surface area contributed by atoms with Crippen molar-refractivity contribution in [2.45, 2.75) is 38.6 Å². The fourth-order valence-electron chi connectivity index (χ4n) is 2.72. The molecule has 0 bridgehead atoms. The van der Waals surface area contributed by atoms with Gasteiger partial charge in [0.15, 0.2) is 0 Å². The standard InChI is InChI=1S/C15H18N2OS/c18-14(9-11-5-1-2-6-11)16-10-15-17-12-7-3-4-8-13(12)19-15/h3-4,7-8,11H,1-2,5-6,9-10H2,(H,16,18). The van der Waals surface area contributed by atoms with Crippen LogP contribution in [0.25, 0.3) is 10.2 Å². The molecule has 0 saturated heterocycles. The quantitative estimate of drug-likeness (QED) is 0.927. The Morgan fingerprint density at radius 2 is 2.11 bits per heavy atom. The van der Waals surface area contributed by atoms with Crippen molar-refractivity contribution >= 4 is 27.5 Å². The molecule has 1 heterocycles. The highest BCUT2D eigenvalue weighted by Crippen LogP contribution is 2.27. The molecular formula is C15H18N2OS. The summed E-state index contributed by atoms with van der Waals surface area (Å²) in [6, 6.07) is 8.08. The summed E-state index contributed by atoms with van der Waals surface area (Å²) in [6.45, 7) is 0.560. The van der Waals surface area contributed by atoms with Gasteiger partial charge in [-0.3, -0.25) is 4.79 Å². The van der Waals surface area contributed by atoms with Crippen LogP contribution in [0.15, 0.2) is 24.3 Å². The Balaban J connectivity index is 1.54. The molecule has 4 heteroatoms. The summed E-state index contributed by atoms with van der Waals surface area (Å²) in [7, 11) is 0. The fraction of sp³-hybridized carbons (Fsp3) is 0.467. The number of carbonyl (C=O) groups is 1. The van der Waals surface area contributed by atoms with Gasteiger partial charge in [-0.1, -0.05) is 25.0 Å². The zero-order valence-electron chi connectivity index (χ0n) is 10.9. The molecule has 1 amide bonds. The average molecular weight is 274 g/mol. The fourth-order valence-corrected chi connectivity index (χ4v) is 3.63. The number of rotatable bonds is 4. The molecule has 1 saturated carbocycles. The third kappa shape index (κ3) is 3.13. The number of fused-ring (bicyclic) bond motifs is 1. The second kappa shape index (κ2) is 5.70. The summed E-state index contributed by atoms with van der Waals surface area (Å²) < 4.78 is 1.18. The van der Waals surface area contributed by atoms with Crippen LogP contribution in [-0.2, 0) is 11.3 Å². The molecule has 0 spiro atoms. The van der Waals surface area contributed by atoms with Gasteiger partial charge < -0.3 is 5.32 Å². The van der Waals surface area contributed by atoms with Crippen LogP contribution in [0.2, 0.25) is 0 Å². The Hall–Kier alpha value is -1.42. The van der Waals surface area contributed by atoms with Crippen molar-refractivity contribution in [3.05, 3.63) is 29.3 Å².